The van der Waals surface area contributed by atoms with Crippen LogP contribution in [0.4, 0.5) is 0 Å². The number of hydrogen-bond donors (Lipinski definition) is 1. The molecule has 1 aromatic carbocycles. The number of carboxylic acids is 1. The molecule has 1 aliphatic heterocycles. The van der Waals surface area contributed by atoms with Gasteiger partial charge in [0.25, 0.3) is 0 Å². The number of amides is 1. The lowest BCUT2D eigenvalue weighted by molar-refractivity contribution is -0.126. The Balaban J connectivity index is 2.15. The number of carbonyl (C=O) groups excluding carboxylic acids is 1. The highest BCUT2D eigenvalue weighted by Crippen LogP contribution is 2.16. The molecule has 17 heavy (non-hydrogen) atoms. The van der Waals surface area contributed by atoms with Gasteiger partial charge >= 0.3 is 5.97 Å². The van der Waals surface area contributed by atoms with Crippen molar-refractivity contribution in [3.63, 3.8) is 0 Å². The third kappa shape index (κ3) is 2.88. The van der Waals surface area contributed by atoms with Gasteiger partial charge in [-0.3, -0.25) is 4.79 Å². The largest absolute Gasteiger partial charge is 0.478 e. The molecule has 0 radical (unpaired) electrons. The number of hydrogen-bond acceptors (Lipinski definition) is 3. The highest BCUT2D eigenvalue weighted by Gasteiger charge is 2.14. The molecule has 0 atom stereocenters. The normalized spacial score (nSPS) is 15.1. The summed E-state index contributed by atoms with van der Waals surface area (Å²) in [5.41, 5.74) is 1.06. The smallest absolute Gasteiger partial charge is 0.335 e. The van der Waals surface area contributed by atoms with Gasteiger partial charge in [0, 0.05) is 6.20 Å². The number of benzene rings is 1. The van der Waals surface area contributed by atoms with Crippen LogP contribution in [0.25, 0.3) is 0 Å². The fourth-order valence-corrected chi connectivity index (χ4v) is 2.18. The summed E-state index contributed by atoms with van der Waals surface area (Å²) in [6.07, 6.45) is 1.73. The molecule has 0 bridgehead atoms. The molecule has 0 aliphatic carbocycles. The van der Waals surface area contributed by atoms with E-state index in [9.17, 15) is 9.59 Å². The number of thioether (sulfide) groups is 1. The van der Waals surface area contributed by atoms with Gasteiger partial charge < -0.3 is 10.0 Å². The van der Waals surface area contributed by atoms with Gasteiger partial charge in [0.05, 0.1) is 17.9 Å². The van der Waals surface area contributed by atoms with Crippen LogP contribution in [0.3, 0.4) is 0 Å². The topological polar surface area (TPSA) is 57.6 Å². The summed E-state index contributed by atoms with van der Waals surface area (Å²) in [5.74, 6) is -0.476. The Bertz CT molecular complexity index is 484. The third-order valence-electron chi connectivity index (χ3n) is 2.39. The van der Waals surface area contributed by atoms with Gasteiger partial charge in [-0.25, -0.2) is 4.79 Å². The van der Waals surface area contributed by atoms with Gasteiger partial charge in [0.15, 0.2) is 0 Å². The standard InChI is InChI=1S/C12H11NO3S/c14-11-8-17-5-4-13(11)7-9-2-1-3-10(6-9)12(15)16/h1-6H,7-8H2,(H,15,16). The van der Waals surface area contributed by atoms with Crippen molar-refractivity contribution in [2.75, 3.05) is 5.75 Å². The van der Waals surface area contributed by atoms with Crippen molar-refractivity contribution in [1.29, 1.82) is 0 Å². The van der Waals surface area contributed by atoms with E-state index >= 15 is 0 Å². The number of carbonyl (C=O) groups is 2. The maximum Gasteiger partial charge on any atom is 0.335 e. The van der Waals surface area contributed by atoms with Crippen molar-refractivity contribution in [2.24, 2.45) is 0 Å². The third-order valence-corrected chi connectivity index (χ3v) is 3.12. The van der Waals surface area contributed by atoms with E-state index in [4.69, 9.17) is 5.11 Å². The fourth-order valence-electron chi connectivity index (χ4n) is 1.54. The second-order valence-corrected chi connectivity index (χ2v) is 4.52. The van der Waals surface area contributed by atoms with Crippen LogP contribution in [-0.4, -0.2) is 27.6 Å². The zero-order valence-electron chi connectivity index (χ0n) is 9.00. The first-order valence-electron chi connectivity index (χ1n) is 5.07. The van der Waals surface area contributed by atoms with Gasteiger partial charge in [0.2, 0.25) is 5.91 Å². The molecule has 1 heterocycles. The highest BCUT2D eigenvalue weighted by molar-refractivity contribution is 8.02. The van der Waals surface area contributed by atoms with Gasteiger partial charge in [0.1, 0.15) is 0 Å². The maximum absolute atomic E-state index is 11.6. The predicted molar refractivity (Wildman–Crippen MR) is 65.5 cm³/mol. The second-order valence-electron chi connectivity index (χ2n) is 3.62. The molecule has 1 N–H and O–H groups in total. The molecular formula is C12H11NO3S. The quantitative estimate of drug-likeness (QED) is 0.889. The molecule has 1 aliphatic rings. The first-order chi connectivity index (χ1) is 8.16. The van der Waals surface area contributed by atoms with E-state index in [1.165, 1.54) is 17.8 Å². The lowest BCUT2D eigenvalue weighted by atomic mass is 10.1. The van der Waals surface area contributed by atoms with Crippen molar-refractivity contribution in [2.45, 2.75) is 6.54 Å². The van der Waals surface area contributed by atoms with E-state index in [1.54, 1.807) is 23.2 Å². The molecule has 0 unspecified atom stereocenters. The lowest BCUT2D eigenvalue weighted by Gasteiger charge is -2.21. The molecule has 5 heteroatoms. The Morgan fingerprint density at radius 1 is 1.47 bits per heavy atom. The van der Waals surface area contributed by atoms with Crippen LogP contribution in [0, 0.1) is 0 Å². The zero-order valence-corrected chi connectivity index (χ0v) is 9.81. The minimum atomic E-state index is -0.956. The van der Waals surface area contributed by atoms with Crippen molar-refractivity contribution in [3.05, 3.63) is 47.0 Å². The van der Waals surface area contributed by atoms with Crippen molar-refractivity contribution < 1.29 is 14.7 Å². The van der Waals surface area contributed by atoms with Crippen LogP contribution in [0.2, 0.25) is 0 Å². The maximum atomic E-state index is 11.6. The molecule has 0 fully saturated rings. The van der Waals surface area contributed by atoms with E-state index in [-0.39, 0.29) is 11.5 Å². The van der Waals surface area contributed by atoms with E-state index in [1.807, 2.05) is 11.5 Å². The van der Waals surface area contributed by atoms with Crippen molar-refractivity contribution in [3.8, 4) is 0 Å². The summed E-state index contributed by atoms with van der Waals surface area (Å²) < 4.78 is 0. The highest BCUT2D eigenvalue weighted by atomic mass is 32.2. The molecule has 4 nitrogen and oxygen atoms in total. The van der Waals surface area contributed by atoms with E-state index in [2.05, 4.69) is 0 Å². The molecule has 1 amide bonds. The van der Waals surface area contributed by atoms with Crippen LogP contribution < -0.4 is 0 Å². The van der Waals surface area contributed by atoms with Crippen LogP contribution in [0.1, 0.15) is 15.9 Å². The molecule has 0 saturated heterocycles. The SMILES string of the molecule is O=C(O)c1cccc(CN2C=CSCC2=O)c1. The second kappa shape index (κ2) is 5.05. The Morgan fingerprint density at radius 3 is 3.00 bits per heavy atom. The van der Waals surface area contributed by atoms with Gasteiger partial charge in [-0.1, -0.05) is 12.1 Å². The molecule has 1 aromatic rings. The monoisotopic (exact) mass is 249 g/mol. The van der Waals surface area contributed by atoms with E-state index < -0.39 is 5.97 Å². The van der Waals surface area contributed by atoms with Gasteiger partial charge in [-0.05, 0) is 23.1 Å². The summed E-state index contributed by atoms with van der Waals surface area (Å²) in [6.45, 7) is 0.414. The minimum absolute atomic E-state index is 0.0400. The molecule has 88 valence electrons. The average molecular weight is 249 g/mol. The zero-order chi connectivity index (χ0) is 12.3. The van der Waals surface area contributed by atoms with Gasteiger partial charge in [-0.2, -0.15) is 0 Å². The molecule has 0 aromatic heterocycles. The molecular weight excluding hydrogens is 238 g/mol. The molecule has 2 rings (SSSR count). The Hall–Kier alpha value is -1.75. The van der Waals surface area contributed by atoms with E-state index in [0.717, 1.165) is 5.56 Å². The van der Waals surface area contributed by atoms with E-state index in [0.29, 0.717) is 12.3 Å². The summed E-state index contributed by atoms with van der Waals surface area (Å²) in [7, 11) is 0. The van der Waals surface area contributed by atoms with Crippen LogP contribution in [0.5, 0.6) is 0 Å². The summed E-state index contributed by atoms with van der Waals surface area (Å²) in [5, 5.41) is 10.7. The van der Waals surface area contributed by atoms with Crippen molar-refractivity contribution >= 4 is 23.6 Å². The molecule has 0 spiro atoms. The Morgan fingerprint density at radius 2 is 2.29 bits per heavy atom. The Kier molecular flexibility index (Phi) is 3.49. The van der Waals surface area contributed by atoms with Gasteiger partial charge in [-0.15, -0.1) is 11.8 Å². The number of aromatic carboxylic acids is 1. The fraction of sp³-hybridized carbons (Fsp3) is 0.167. The van der Waals surface area contributed by atoms with Crippen LogP contribution >= 0.6 is 11.8 Å². The molecule has 0 saturated carbocycles. The van der Waals surface area contributed by atoms with Crippen LogP contribution in [-0.2, 0) is 11.3 Å². The number of carboxylic acid groups (broad SMARTS) is 1. The Labute approximate surface area is 103 Å². The lowest BCUT2D eigenvalue weighted by Crippen LogP contribution is -2.28. The summed E-state index contributed by atoms with van der Waals surface area (Å²) in [6, 6.07) is 6.63. The first-order valence-corrected chi connectivity index (χ1v) is 6.11. The number of rotatable bonds is 3. The van der Waals surface area contributed by atoms with Crippen LogP contribution in [0.15, 0.2) is 35.9 Å². The predicted octanol–water partition coefficient (Wildman–Crippen LogP) is 1.93. The van der Waals surface area contributed by atoms with Crippen molar-refractivity contribution in [1.82, 2.24) is 4.90 Å². The first kappa shape index (κ1) is 11.7. The summed E-state index contributed by atoms with van der Waals surface area (Å²) >= 11 is 1.46. The number of nitrogens with zero attached hydrogens (tertiary/aromatic N) is 1. The minimum Gasteiger partial charge on any atom is -0.478 e. The average Bonchev–Trinajstić information content (AvgIpc) is 2.32. The summed E-state index contributed by atoms with van der Waals surface area (Å²) in [4.78, 5) is 24.0.